The number of rotatable bonds is 43. The third kappa shape index (κ3) is 40.1. The molecule has 0 rings (SSSR count). The molecule has 0 radical (unpaired) electrons. The van der Waals surface area contributed by atoms with Crippen LogP contribution in [0.3, 0.4) is 0 Å². The van der Waals surface area contributed by atoms with Crippen molar-refractivity contribution >= 4 is 0 Å². The molecule has 334 valence electrons. The Kier molecular flexibility index (Phi) is 35.8. The molecule has 0 saturated carbocycles. The minimum absolute atomic E-state index is 1.09. The molecule has 0 spiro atoms. The fourth-order valence-corrected chi connectivity index (χ4v) is 8.49. The Morgan fingerprint density at radius 1 is 0.232 bits per heavy atom. The van der Waals surface area contributed by atoms with Gasteiger partial charge in [0.1, 0.15) is 13.1 Å². The molecule has 0 amide bonds. The first kappa shape index (κ1) is 55.3. The molecule has 0 aromatic rings. The molecule has 4 nitrogen and oxygen atoms in total. The Bertz CT molecular complexity index is 810. The predicted octanol–water partition coefficient (Wildman–Crippen LogP) is 14.1. The second kappa shape index (κ2) is 36.2. The number of likely N-dealkylation sites (N-methyl/N-ethyl adjacent to an activating group) is 2. The lowest BCUT2D eigenvalue weighted by molar-refractivity contribution is -0.967. The highest BCUT2D eigenvalue weighted by atomic mass is 15.4. The highest BCUT2D eigenvalue weighted by Gasteiger charge is 2.29. The van der Waals surface area contributed by atoms with E-state index in [1.807, 2.05) is 0 Å². The van der Waals surface area contributed by atoms with Gasteiger partial charge in [-0.05, 0) is 77.0 Å². The van der Waals surface area contributed by atoms with Gasteiger partial charge in [0.05, 0.1) is 95.6 Å². The zero-order valence-electron chi connectivity index (χ0n) is 41.0. The van der Waals surface area contributed by atoms with Crippen LogP contribution in [0.4, 0.5) is 0 Å². The third-order valence-corrected chi connectivity index (χ3v) is 12.7. The van der Waals surface area contributed by atoms with E-state index in [0.29, 0.717) is 0 Å². The summed E-state index contributed by atoms with van der Waals surface area (Å²) < 4.78 is 4.73. The van der Waals surface area contributed by atoms with Gasteiger partial charge in [0, 0.05) is 12.8 Å². The van der Waals surface area contributed by atoms with E-state index in [-0.39, 0.29) is 0 Å². The van der Waals surface area contributed by atoms with Crippen molar-refractivity contribution in [1.29, 1.82) is 0 Å². The molecule has 0 aromatic carbocycles. The third-order valence-electron chi connectivity index (χ3n) is 12.7. The van der Waals surface area contributed by atoms with Crippen LogP contribution in [0.5, 0.6) is 0 Å². The maximum Gasteiger partial charge on any atom is 0.128 e. The molecule has 0 fully saturated rings. The molecule has 0 N–H and O–H groups in total. The lowest BCUT2D eigenvalue weighted by Crippen LogP contribution is -2.56. The standard InChI is InChI=1S/C52H110N4/c1-11-13-15-17-19-21-23-25-27-29-31-33-35-37-39-41-47-55(9,49-43-45-53(3,4)5)51-52-56(10,50-44-46-54(6,7)8)48-42-40-38-36-34-32-30-28-26-24-22-20-18-16-14-12-2/h25-28H,11-24,29-52H2,1-10H3/q+4/b27-25-,28-26-. The molecule has 2 unspecified atom stereocenters. The van der Waals surface area contributed by atoms with Gasteiger partial charge < -0.3 is 17.9 Å². The zero-order chi connectivity index (χ0) is 41.7. The van der Waals surface area contributed by atoms with Gasteiger partial charge in [-0.3, -0.25) is 0 Å². The summed E-state index contributed by atoms with van der Waals surface area (Å²) in [5.41, 5.74) is 0. The van der Waals surface area contributed by atoms with Crippen LogP contribution < -0.4 is 0 Å². The van der Waals surface area contributed by atoms with Gasteiger partial charge in [-0.2, -0.15) is 0 Å². The van der Waals surface area contributed by atoms with Crippen LogP contribution in [0.25, 0.3) is 0 Å². The smallest absolute Gasteiger partial charge is 0.128 e. The average Bonchev–Trinajstić information content (AvgIpc) is 3.13. The first-order valence-corrected chi connectivity index (χ1v) is 25.3. The van der Waals surface area contributed by atoms with Crippen molar-refractivity contribution in [1.82, 2.24) is 0 Å². The van der Waals surface area contributed by atoms with Crippen LogP contribution in [-0.4, -0.2) is 127 Å². The number of allylic oxidation sites excluding steroid dienone is 4. The van der Waals surface area contributed by atoms with E-state index in [9.17, 15) is 0 Å². The summed E-state index contributed by atoms with van der Waals surface area (Å²) in [6, 6.07) is 0. The summed E-state index contributed by atoms with van der Waals surface area (Å²) in [5.74, 6) is 0. The summed E-state index contributed by atoms with van der Waals surface area (Å²) in [4.78, 5) is 0. The van der Waals surface area contributed by atoms with Gasteiger partial charge in [0.25, 0.3) is 0 Å². The SMILES string of the molecule is CCCCCCCC/C=C\CCCCCCCC[N+](C)(CCC[N+](C)(C)C)CC[N+](C)(CCCCCCCC/C=C\CCCCCCCC)CCC[N+](C)(C)C. The van der Waals surface area contributed by atoms with Crippen LogP contribution in [-0.2, 0) is 0 Å². The van der Waals surface area contributed by atoms with E-state index >= 15 is 0 Å². The average molecular weight is 791 g/mol. The molecule has 0 saturated heterocycles. The Morgan fingerprint density at radius 2 is 0.464 bits per heavy atom. The van der Waals surface area contributed by atoms with Crippen molar-refractivity contribution in [3.8, 4) is 0 Å². The van der Waals surface area contributed by atoms with E-state index in [0.717, 1.165) is 8.97 Å². The minimum Gasteiger partial charge on any atom is -0.331 e. The van der Waals surface area contributed by atoms with Crippen molar-refractivity contribution in [3.63, 3.8) is 0 Å². The minimum atomic E-state index is 1.09. The number of hydrogen-bond acceptors (Lipinski definition) is 0. The normalized spacial score (nSPS) is 15.0. The summed E-state index contributed by atoms with van der Waals surface area (Å²) in [7, 11) is 19.4. The second-order valence-electron chi connectivity index (χ2n) is 21.2. The molecular formula is C52H110N4+4. The van der Waals surface area contributed by atoms with Crippen molar-refractivity contribution < 1.29 is 17.9 Å². The van der Waals surface area contributed by atoms with Gasteiger partial charge in [-0.15, -0.1) is 0 Å². The van der Waals surface area contributed by atoms with Crippen LogP contribution >= 0.6 is 0 Å². The highest BCUT2D eigenvalue weighted by Crippen LogP contribution is 2.18. The van der Waals surface area contributed by atoms with Crippen molar-refractivity contribution in [2.75, 3.05) is 109 Å². The summed E-state index contributed by atoms with van der Waals surface area (Å²) in [5, 5.41) is 0. The largest absolute Gasteiger partial charge is 0.331 e. The van der Waals surface area contributed by atoms with E-state index in [2.05, 4.69) is 94.5 Å². The van der Waals surface area contributed by atoms with E-state index in [1.165, 1.54) is 254 Å². The van der Waals surface area contributed by atoms with E-state index in [4.69, 9.17) is 0 Å². The van der Waals surface area contributed by atoms with Gasteiger partial charge in [0.2, 0.25) is 0 Å². The van der Waals surface area contributed by atoms with Crippen LogP contribution in [0, 0.1) is 0 Å². The monoisotopic (exact) mass is 791 g/mol. The summed E-state index contributed by atoms with van der Waals surface area (Å²) in [6.07, 6.45) is 51.6. The van der Waals surface area contributed by atoms with E-state index < -0.39 is 0 Å². The fourth-order valence-electron chi connectivity index (χ4n) is 8.49. The molecule has 2 atom stereocenters. The highest BCUT2D eigenvalue weighted by molar-refractivity contribution is 4.82. The number of quaternary nitrogens is 4. The summed E-state index contributed by atoms with van der Waals surface area (Å²) >= 11 is 0. The molecule has 0 aliphatic carbocycles. The van der Waals surface area contributed by atoms with Crippen LogP contribution in [0.15, 0.2) is 24.3 Å². The molecule has 0 aromatic heterocycles. The lowest BCUT2D eigenvalue weighted by atomic mass is 10.1. The van der Waals surface area contributed by atoms with Gasteiger partial charge >= 0.3 is 0 Å². The Morgan fingerprint density at radius 3 is 0.732 bits per heavy atom. The van der Waals surface area contributed by atoms with Crippen LogP contribution in [0.2, 0.25) is 0 Å². The maximum atomic E-state index is 2.62. The first-order chi connectivity index (χ1) is 26.7. The Labute approximate surface area is 356 Å². The summed E-state index contributed by atoms with van der Waals surface area (Å²) in [6.45, 7) is 15.3. The first-order valence-electron chi connectivity index (χ1n) is 25.3. The number of nitrogens with zero attached hydrogens (tertiary/aromatic N) is 4. The molecule has 4 heteroatoms. The molecule has 56 heavy (non-hydrogen) atoms. The lowest BCUT2D eigenvalue weighted by Gasteiger charge is -2.41. The van der Waals surface area contributed by atoms with Crippen molar-refractivity contribution in [3.05, 3.63) is 24.3 Å². The maximum absolute atomic E-state index is 2.62. The number of hydrogen-bond donors (Lipinski definition) is 0. The molecule has 0 aliphatic rings. The fraction of sp³-hybridized carbons (Fsp3) is 0.923. The number of unbranched alkanes of at least 4 members (excludes halogenated alkanes) is 24. The molecular weight excluding hydrogens is 681 g/mol. The van der Waals surface area contributed by atoms with Crippen molar-refractivity contribution in [2.24, 2.45) is 0 Å². The second-order valence-corrected chi connectivity index (χ2v) is 21.2. The van der Waals surface area contributed by atoms with Crippen molar-refractivity contribution in [2.45, 2.75) is 206 Å². The topological polar surface area (TPSA) is 0 Å². The quantitative estimate of drug-likeness (QED) is 0.0328. The van der Waals surface area contributed by atoms with Gasteiger partial charge in [0.15, 0.2) is 0 Å². The van der Waals surface area contributed by atoms with Gasteiger partial charge in [-0.1, -0.05) is 141 Å². The molecule has 0 bridgehead atoms. The predicted molar refractivity (Wildman–Crippen MR) is 256 cm³/mol. The van der Waals surface area contributed by atoms with E-state index in [1.54, 1.807) is 0 Å². The molecule has 0 heterocycles. The Balaban J connectivity index is 4.71. The Hall–Kier alpha value is -0.680. The van der Waals surface area contributed by atoms with Gasteiger partial charge in [-0.25, -0.2) is 0 Å². The zero-order valence-corrected chi connectivity index (χ0v) is 41.0. The van der Waals surface area contributed by atoms with Crippen LogP contribution in [0.1, 0.15) is 206 Å². The molecule has 0 aliphatic heterocycles.